The summed E-state index contributed by atoms with van der Waals surface area (Å²) in [6.07, 6.45) is 0. The van der Waals surface area contributed by atoms with Crippen molar-refractivity contribution in [2.75, 3.05) is 17.8 Å². The molecule has 3 rings (SSSR count). The Morgan fingerprint density at radius 3 is 2.67 bits per heavy atom. The largest absolute Gasteiger partial charge is 0.454 e. The summed E-state index contributed by atoms with van der Waals surface area (Å²) in [5.41, 5.74) is 6.92. The van der Waals surface area contributed by atoms with Gasteiger partial charge in [-0.05, 0) is 34.1 Å². The molecule has 0 bridgehead atoms. The van der Waals surface area contributed by atoms with Crippen molar-refractivity contribution < 1.29 is 18.7 Å². The molecule has 1 amide bonds. The van der Waals surface area contributed by atoms with Gasteiger partial charge in [0.2, 0.25) is 6.79 Å². The van der Waals surface area contributed by atoms with Crippen LogP contribution in [0.4, 0.5) is 15.8 Å². The van der Waals surface area contributed by atoms with Gasteiger partial charge >= 0.3 is 0 Å². The molecule has 1 aliphatic heterocycles. The number of ether oxygens (including phenoxy) is 2. The van der Waals surface area contributed by atoms with Gasteiger partial charge in [0.1, 0.15) is 5.82 Å². The SMILES string of the molecule is Nc1cc2c(cc1NC(=O)c1ccc(F)cc1Br)OCO2. The second-order valence-corrected chi connectivity index (χ2v) is 5.23. The Morgan fingerprint density at radius 2 is 1.95 bits per heavy atom. The number of rotatable bonds is 2. The lowest BCUT2D eigenvalue weighted by molar-refractivity contribution is 0.102. The monoisotopic (exact) mass is 352 g/mol. The quantitative estimate of drug-likeness (QED) is 0.814. The van der Waals surface area contributed by atoms with Gasteiger partial charge in [0.15, 0.2) is 11.5 Å². The Morgan fingerprint density at radius 1 is 1.24 bits per heavy atom. The van der Waals surface area contributed by atoms with Gasteiger partial charge < -0.3 is 20.5 Å². The number of hydrogen-bond donors (Lipinski definition) is 2. The number of nitrogens with one attached hydrogen (secondary N) is 1. The van der Waals surface area contributed by atoms with Gasteiger partial charge in [-0.1, -0.05) is 0 Å². The van der Waals surface area contributed by atoms with E-state index in [-0.39, 0.29) is 6.79 Å². The van der Waals surface area contributed by atoms with Crippen LogP contribution in [0.5, 0.6) is 11.5 Å². The smallest absolute Gasteiger partial charge is 0.256 e. The fourth-order valence-electron chi connectivity index (χ4n) is 1.93. The molecule has 2 aromatic rings. The van der Waals surface area contributed by atoms with E-state index in [1.54, 1.807) is 12.1 Å². The molecule has 0 atom stereocenters. The van der Waals surface area contributed by atoms with Gasteiger partial charge in [0, 0.05) is 16.6 Å². The van der Waals surface area contributed by atoms with Crippen molar-refractivity contribution in [3.63, 3.8) is 0 Å². The van der Waals surface area contributed by atoms with Crippen LogP contribution in [-0.2, 0) is 0 Å². The van der Waals surface area contributed by atoms with E-state index in [1.807, 2.05) is 0 Å². The summed E-state index contributed by atoms with van der Waals surface area (Å²) in [5, 5.41) is 2.66. The van der Waals surface area contributed by atoms with Crippen molar-refractivity contribution in [3.05, 3.63) is 46.2 Å². The van der Waals surface area contributed by atoms with Crippen LogP contribution in [-0.4, -0.2) is 12.7 Å². The topological polar surface area (TPSA) is 73.6 Å². The lowest BCUT2D eigenvalue weighted by atomic mass is 10.2. The van der Waals surface area contributed by atoms with Gasteiger partial charge in [0.05, 0.1) is 16.9 Å². The molecule has 0 spiro atoms. The fourth-order valence-corrected chi connectivity index (χ4v) is 2.46. The van der Waals surface area contributed by atoms with Gasteiger partial charge in [0.25, 0.3) is 5.91 Å². The third kappa shape index (κ3) is 2.64. The van der Waals surface area contributed by atoms with Crippen molar-refractivity contribution in [2.45, 2.75) is 0 Å². The van der Waals surface area contributed by atoms with Crippen LogP contribution < -0.4 is 20.5 Å². The van der Waals surface area contributed by atoms with Crippen LogP contribution >= 0.6 is 15.9 Å². The van der Waals surface area contributed by atoms with Crippen molar-refractivity contribution in [3.8, 4) is 11.5 Å². The number of anilines is 2. The molecule has 0 saturated carbocycles. The van der Waals surface area contributed by atoms with Crippen LogP contribution in [0.1, 0.15) is 10.4 Å². The van der Waals surface area contributed by atoms with Crippen molar-refractivity contribution in [2.24, 2.45) is 0 Å². The Labute approximate surface area is 128 Å². The molecule has 0 radical (unpaired) electrons. The normalized spacial score (nSPS) is 12.3. The Bertz CT molecular complexity index is 736. The number of fused-ring (bicyclic) bond motifs is 1. The third-order valence-corrected chi connectivity index (χ3v) is 3.62. The maximum absolute atomic E-state index is 13.0. The van der Waals surface area contributed by atoms with E-state index in [4.69, 9.17) is 15.2 Å². The number of halogens is 2. The minimum Gasteiger partial charge on any atom is -0.454 e. The molecule has 3 N–H and O–H groups in total. The summed E-state index contributed by atoms with van der Waals surface area (Å²) >= 11 is 3.15. The van der Waals surface area contributed by atoms with Crippen LogP contribution in [0.2, 0.25) is 0 Å². The Balaban J connectivity index is 1.88. The van der Waals surface area contributed by atoms with Crippen LogP contribution in [0.25, 0.3) is 0 Å². The molecule has 1 heterocycles. The summed E-state index contributed by atoms with van der Waals surface area (Å²) < 4.78 is 23.8. The summed E-state index contributed by atoms with van der Waals surface area (Å²) in [7, 11) is 0. The number of benzene rings is 2. The molecule has 0 aliphatic carbocycles. The highest BCUT2D eigenvalue weighted by Crippen LogP contribution is 2.38. The Kier molecular flexibility index (Phi) is 3.42. The van der Waals surface area contributed by atoms with Gasteiger partial charge in [-0.25, -0.2) is 4.39 Å². The number of nitrogen functional groups attached to an aromatic ring is 1. The van der Waals surface area contributed by atoms with Gasteiger partial charge in [-0.3, -0.25) is 4.79 Å². The maximum atomic E-state index is 13.0. The van der Waals surface area contributed by atoms with Crippen LogP contribution in [0, 0.1) is 5.82 Å². The lowest BCUT2D eigenvalue weighted by Crippen LogP contribution is -2.14. The van der Waals surface area contributed by atoms with E-state index in [1.165, 1.54) is 18.2 Å². The standard InChI is InChI=1S/C14H10BrFN2O3/c15-9-3-7(16)1-2-8(9)14(19)18-11-5-13-12(4-10(11)17)20-6-21-13/h1-5H,6,17H2,(H,18,19). The minimum absolute atomic E-state index is 0.121. The second kappa shape index (κ2) is 5.25. The first-order chi connectivity index (χ1) is 10.0. The summed E-state index contributed by atoms with van der Waals surface area (Å²) in [5.74, 6) is 0.208. The van der Waals surface area contributed by atoms with Crippen molar-refractivity contribution >= 4 is 33.2 Å². The summed E-state index contributed by atoms with van der Waals surface area (Å²) in [6.45, 7) is 0.121. The molecular formula is C14H10BrFN2O3. The third-order valence-electron chi connectivity index (χ3n) is 2.97. The molecule has 108 valence electrons. The second-order valence-electron chi connectivity index (χ2n) is 4.37. The summed E-state index contributed by atoms with van der Waals surface area (Å²) in [6, 6.07) is 6.99. The molecule has 0 saturated heterocycles. The highest BCUT2D eigenvalue weighted by molar-refractivity contribution is 9.10. The number of nitrogens with two attached hydrogens (primary N) is 1. The summed E-state index contributed by atoms with van der Waals surface area (Å²) in [4.78, 5) is 12.2. The molecule has 1 aliphatic rings. The van der Waals surface area contributed by atoms with Crippen LogP contribution in [0.3, 0.4) is 0 Å². The predicted molar refractivity (Wildman–Crippen MR) is 79.0 cm³/mol. The zero-order chi connectivity index (χ0) is 15.0. The first-order valence-electron chi connectivity index (χ1n) is 6.00. The fraction of sp³-hybridized carbons (Fsp3) is 0.0714. The maximum Gasteiger partial charge on any atom is 0.256 e. The molecule has 7 heteroatoms. The molecule has 0 fully saturated rings. The van der Waals surface area contributed by atoms with E-state index < -0.39 is 11.7 Å². The highest BCUT2D eigenvalue weighted by Gasteiger charge is 2.18. The zero-order valence-electron chi connectivity index (χ0n) is 10.7. The highest BCUT2D eigenvalue weighted by atomic mass is 79.9. The molecule has 0 aromatic heterocycles. The molecule has 5 nitrogen and oxygen atoms in total. The molecule has 2 aromatic carbocycles. The average Bonchev–Trinajstić information content (AvgIpc) is 2.86. The van der Waals surface area contributed by atoms with E-state index in [0.29, 0.717) is 32.9 Å². The predicted octanol–water partition coefficient (Wildman–Crippen LogP) is 3.15. The first-order valence-corrected chi connectivity index (χ1v) is 6.79. The number of carbonyl (C=O) groups is 1. The first kappa shape index (κ1) is 13.7. The number of amides is 1. The minimum atomic E-state index is -0.430. The van der Waals surface area contributed by atoms with E-state index >= 15 is 0 Å². The number of hydrogen-bond acceptors (Lipinski definition) is 4. The van der Waals surface area contributed by atoms with E-state index in [2.05, 4.69) is 21.2 Å². The van der Waals surface area contributed by atoms with Crippen molar-refractivity contribution in [1.29, 1.82) is 0 Å². The van der Waals surface area contributed by atoms with Crippen molar-refractivity contribution in [1.82, 2.24) is 0 Å². The molecule has 21 heavy (non-hydrogen) atoms. The molecular weight excluding hydrogens is 343 g/mol. The zero-order valence-corrected chi connectivity index (χ0v) is 12.2. The van der Waals surface area contributed by atoms with E-state index in [9.17, 15) is 9.18 Å². The van der Waals surface area contributed by atoms with Crippen LogP contribution in [0.15, 0.2) is 34.8 Å². The van der Waals surface area contributed by atoms with E-state index in [0.717, 1.165) is 0 Å². The molecule has 0 unspecified atom stereocenters. The Hall–Kier alpha value is -2.28. The lowest BCUT2D eigenvalue weighted by Gasteiger charge is -2.10. The van der Waals surface area contributed by atoms with Gasteiger partial charge in [-0.2, -0.15) is 0 Å². The van der Waals surface area contributed by atoms with Gasteiger partial charge in [-0.15, -0.1) is 0 Å². The number of carbonyl (C=O) groups excluding carboxylic acids is 1. The average molecular weight is 353 g/mol.